The fourth-order valence-corrected chi connectivity index (χ4v) is 3.86. The molecule has 1 aromatic heterocycles. The molecule has 0 saturated carbocycles. The van der Waals surface area contributed by atoms with E-state index in [0.717, 1.165) is 23.1 Å². The van der Waals surface area contributed by atoms with E-state index in [-0.39, 0.29) is 17.7 Å². The lowest BCUT2D eigenvalue weighted by molar-refractivity contribution is 0.0722. The summed E-state index contributed by atoms with van der Waals surface area (Å²) in [6, 6.07) is 14.2. The van der Waals surface area contributed by atoms with Crippen molar-refractivity contribution in [2.45, 2.75) is 12.5 Å². The first-order chi connectivity index (χ1) is 14.2. The lowest BCUT2D eigenvalue weighted by Gasteiger charge is -2.27. The fourth-order valence-electron chi connectivity index (χ4n) is 3.86. The summed E-state index contributed by atoms with van der Waals surface area (Å²) in [7, 11) is 3.28. The Bertz CT molecular complexity index is 1010. The van der Waals surface area contributed by atoms with Gasteiger partial charge in [0.25, 0.3) is 5.91 Å². The molecular weight excluding hydrogens is 370 g/mol. The zero-order valence-corrected chi connectivity index (χ0v) is 16.4. The Morgan fingerprint density at radius 1 is 1.14 bits per heavy atom. The highest BCUT2D eigenvalue weighted by Crippen LogP contribution is 2.45. The summed E-state index contributed by atoms with van der Waals surface area (Å²) in [6.45, 7) is 1.12. The molecule has 0 bridgehead atoms. The van der Waals surface area contributed by atoms with Crippen LogP contribution < -0.4 is 4.74 Å². The molecule has 7 heteroatoms. The van der Waals surface area contributed by atoms with E-state index in [4.69, 9.17) is 9.47 Å². The summed E-state index contributed by atoms with van der Waals surface area (Å²) < 4.78 is 10.8. The van der Waals surface area contributed by atoms with Crippen molar-refractivity contribution in [2.75, 3.05) is 27.4 Å². The second kappa shape index (κ2) is 7.97. The van der Waals surface area contributed by atoms with Crippen LogP contribution in [0.3, 0.4) is 0 Å². The minimum Gasteiger partial charge on any atom is -0.508 e. The number of phenols is 1. The maximum Gasteiger partial charge on any atom is 0.273 e. The smallest absolute Gasteiger partial charge is 0.273 e. The quantitative estimate of drug-likeness (QED) is 0.601. The standard InChI is InChI=1S/C22H23N3O4/c1-28-13-5-12-25-21(16-6-3-4-7-17(16)29-2)18-19(23-24-20(18)22(25)27)14-8-10-15(26)11-9-14/h3-4,6-11,21,26H,5,12-13H2,1-2H3,(H,23,24). The molecule has 150 valence electrons. The molecule has 0 fully saturated rings. The highest BCUT2D eigenvalue weighted by atomic mass is 16.5. The number of hydrogen-bond acceptors (Lipinski definition) is 5. The second-order valence-corrected chi connectivity index (χ2v) is 6.90. The number of aromatic amines is 1. The maximum absolute atomic E-state index is 13.2. The number of aromatic nitrogens is 2. The van der Waals surface area contributed by atoms with Gasteiger partial charge < -0.3 is 19.5 Å². The van der Waals surface area contributed by atoms with Gasteiger partial charge in [-0.15, -0.1) is 0 Å². The normalized spacial score (nSPS) is 15.6. The first-order valence-corrected chi connectivity index (χ1v) is 9.46. The number of carbonyl (C=O) groups excluding carboxylic acids is 1. The molecule has 7 nitrogen and oxygen atoms in total. The largest absolute Gasteiger partial charge is 0.508 e. The van der Waals surface area contributed by atoms with Gasteiger partial charge in [-0.3, -0.25) is 9.89 Å². The molecule has 1 aliphatic rings. The summed E-state index contributed by atoms with van der Waals surface area (Å²) in [5, 5.41) is 17.0. The van der Waals surface area contributed by atoms with Gasteiger partial charge in [0.1, 0.15) is 17.2 Å². The lowest BCUT2D eigenvalue weighted by atomic mass is 9.95. The molecule has 29 heavy (non-hydrogen) atoms. The van der Waals surface area contributed by atoms with Gasteiger partial charge in [-0.2, -0.15) is 5.10 Å². The van der Waals surface area contributed by atoms with Gasteiger partial charge >= 0.3 is 0 Å². The number of para-hydroxylation sites is 1. The lowest BCUT2D eigenvalue weighted by Crippen LogP contribution is -2.31. The van der Waals surface area contributed by atoms with E-state index in [2.05, 4.69) is 10.2 Å². The minimum atomic E-state index is -0.326. The van der Waals surface area contributed by atoms with Crippen LogP contribution in [0.1, 0.15) is 34.1 Å². The van der Waals surface area contributed by atoms with Crippen molar-refractivity contribution in [3.63, 3.8) is 0 Å². The van der Waals surface area contributed by atoms with Crippen LogP contribution in [-0.4, -0.2) is 53.5 Å². The Kier molecular flexibility index (Phi) is 5.22. The number of nitrogens with one attached hydrogen (secondary N) is 1. The Hall–Kier alpha value is -3.32. The van der Waals surface area contributed by atoms with Crippen molar-refractivity contribution in [1.82, 2.24) is 15.1 Å². The van der Waals surface area contributed by atoms with E-state index in [9.17, 15) is 9.90 Å². The highest BCUT2D eigenvalue weighted by Gasteiger charge is 2.42. The molecule has 1 amide bonds. The van der Waals surface area contributed by atoms with Crippen molar-refractivity contribution in [3.8, 4) is 22.8 Å². The molecular formula is C22H23N3O4. The molecule has 0 aliphatic carbocycles. The Morgan fingerprint density at radius 2 is 1.90 bits per heavy atom. The Labute approximate surface area is 168 Å². The summed E-state index contributed by atoms with van der Waals surface area (Å²) in [5.74, 6) is 0.803. The second-order valence-electron chi connectivity index (χ2n) is 6.90. The predicted octanol–water partition coefficient (Wildman–Crippen LogP) is 3.37. The third kappa shape index (κ3) is 3.34. The molecule has 2 aromatic carbocycles. The van der Waals surface area contributed by atoms with Crippen LogP contribution in [-0.2, 0) is 4.74 Å². The summed E-state index contributed by atoms with van der Waals surface area (Å²) in [6.07, 6.45) is 0.722. The monoisotopic (exact) mass is 393 g/mol. The van der Waals surface area contributed by atoms with Crippen LogP contribution in [0.4, 0.5) is 0 Å². The molecule has 2 N–H and O–H groups in total. The number of benzene rings is 2. The molecule has 4 rings (SSSR count). The fraction of sp³-hybridized carbons (Fsp3) is 0.273. The van der Waals surface area contributed by atoms with Crippen molar-refractivity contribution in [3.05, 3.63) is 65.4 Å². The number of fused-ring (bicyclic) bond motifs is 1. The number of methoxy groups -OCH3 is 2. The van der Waals surface area contributed by atoms with Crippen LogP contribution in [0.25, 0.3) is 11.3 Å². The van der Waals surface area contributed by atoms with Crippen molar-refractivity contribution < 1.29 is 19.4 Å². The van der Waals surface area contributed by atoms with Gasteiger partial charge in [-0.1, -0.05) is 18.2 Å². The first kappa shape index (κ1) is 19.0. The van der Waals surface area contributed by atoms with Crippen LogP contribution in [0.5, 0.6) is 11.5 Å². The number of H-pyrrole nitrogens is 1. The summed E-state index contributed by atoms with van der Waals surface area (Å²) >= 11 is 0. The zero-order chi connectivity index (χ0) is 20.4. The van der Waals surface area contributed by atoms with E-state index in [1.54, 1.807) is 38.5 Å². The first-order valence-electron chi connectivity index (χ1n) is 9.46. The number of phenolic OH excluding ortho intramolecular Hbond substituents is 1. The third-order valence-electron chi connectivity index (χ3n) is 5.19. The van der Waals surface area contributed by atoms with Gasteiger partial charge in [0.05, 0.1) is 18.8 Å². The van der Waals surface area contributed by atoms with Gasteiger partial charge in [0.2, 0.25) is 0 Å². The van der Waals surface area contributed by atoms with Crippen molar-refractivity contribution in [2.24, 2.45) is 0 Å². The van der Waals surface area contributed by atoms with E-state index in [1.165, 1.54) is 0 Å². The number of aromatic hydroxyl groups is 1. The molecule has 3 aromatic rings. The minimum absolute atomic E-state index is 0.0930. The molecule has 0 saturated heterocycles. The molecule has 0 radical (unpaired) electrons. The molecule has 0 spiro atoms. The highest BCUT2D eigenvalue weighted by molar-refractivity contribution is 6.00. The van der Waals surface area contributed by atoms with Gasteiger partial charge in [-0.05, 0) is 36.8 Å². The Balaban J connectivity index is 1.85. The molecule has 1 unspecified atom stereocenters. The van der Waals surface area contributed by atoms with Crippen LogP contribution in [0.15, 0.2) is 48.5 Å². The maximum atomic E-state index is 13.2. The van der Waals surface area contributed by atoms with E-state index >= 15 is 0 Å². The van der Waals surface area contributed by atoms with Crippen molar-refractivity contribution in [1.29, 1.82) is 0 Å². The summed E-state index contributed by atoms with van der Waals surface area (Å²) in [4.78, 5) is 15.0. The van der Waals surface area contributed by atoms with E-state index in [0.29, 0.717) is 30.3 Å². The van der Waals surface area contributed by atoms with E-state index < -0.39 is 0 Å². The number of amides is 1. The number of rotatable bonds is 7. The number of ether oxygens (including phenoxy) is 2. The van der Waals surface area contributed by atoms with Crippen LogP contribution in [0.2, 0.25) is 0 Å². The molecule has 1 aliphatic heterocycles. The number of nitrogens with zero attached hydrogens (tertiary/aromatic N) is 2. The zero-order valence-electron chi connectivity index (χ0n) is 16.4. The summed E-state index contributed by atoms with van der Waals surface area (Å²) in [5.41, 5.74) is 3.73. The SMILES string of the molecule is COCCCN1C(=O)c2[nH]nc(-c3ccc(O)cc3)c2C1c1ccccc1OC. The van der Waals surface area contributed by atoms with Crippen LogP contribution >= 0.6 is 0 Å². The third-order valence-corrected chi connectivity index (χ3v) is 5.19. The molecule has 1 atom stereocenters. The van der Waals surface area contributed by atoms with Crippen LogP contribution in [0, 0.1) is 0 Å². The predicted molar refractivity (Wildman–Crippen MR) is 108 cm³/mol. The topological polar surface area (TPSA) is 87.7 Å². The molecule has 2 heterocycles. The van der Waals surface area contributed by atoms with E-state index in [1.807, 2.05) is 29.2 Å². The number of hydrogen-bond donors (Lipinski definition) is 2. The number of carbonyl (C=O) groups is 1. The van der Waals surface area contributed by atoms with Gasteiger partial charge in [0, 0.05) is 37.0 Å². The van der Waals surface area contributed by atoms with Gasteiger partial charge in [0.15, 0.2) is 0 Å². The van der Waals surface area contributed by atoms with Crippen molar-refractivity contribution >= 4 is 5.91 Å². The Morgan fingerprint density at radius 3 is 2.62 bits per heavy atom. The average molecular weight is 393 g/mol. The van der Waals surface area contributed by atoms with Gasteiger partial charge in [-0.25, -0.2) is 0 Å². The average Bonchev–Trinajstić information content (AvgIpc) is 3.28.